The van der Waals surface area contributed by atoms with Crippen LogP contribution >= 0.6 is 0 Å². The molecule has 0 bridgehead atoms. The molecule has 0 heterocycles. The monoisotopic (exact) mass is 312 g/mol. The van der Waals surface area contributed by atoms with E-state index in [0.717, 1.165) is 11.1 Å². The van der Waals surface area contributed by atoms with Crippen molar-refractivity contribution in [2.45, 2.75) is 12.7 Å². The molecule has 1 atom stereocenters. The van der Waals surface area contributed by atoms with Crippen LogP contribution in [0.4, 0.5) is 0 Å². The molecule has 0 spiro atoms. The zero-order valence-electron chi connectivity index (χ0n) is 13.1. The molecule has 0 saturated heterocycles. The van der Waals surface area contributed by atoms with Crippen molar-refractivity contribution in [1.29, 1.82) is 0 Å². The zero-order chi connectivity index (χ0) is 16.3. The van der Waals surface area contributed by atoms with Gasteiger partial charge in [-0.05, 0) is 17.2 Å². The standard InChI is InChI=1S/C19H20O4/c1-21-19(20)13-12-18(17-10-6-3-7-11-17)23-15-22-14-16-8-4-2-5-9-16/h2-13,18H,14-15H2,1H3/b13-12+/t18-/m1/s1. The number of carbonyl (C=O) groups is 1. The van der Waals surface area contributed by atoms with E-state index in [-0.39, 0.29) is 12.9 Å². The van der Waals surface area contributed by atoms with Gasteiger partial charge >= 0.3 is 5.97 Å². The molecule has 0 unspecified atom stereocenters. The lowest BCUT2D eigenvalue weighted by Gasteiger charge is -2.15. The van der Waals surface area contributed by atoms with E-state index in [9.17, 15) is 4.79 Å². The first kappa shape index (κ1) is 16.9. The molecule has 4 nitrogen and oxygen atoms in total. The molecule has 0 aliphatic heterocycles. The third kappa shape index (κ3) is 6.06. The number of hydrogen-bond acceptors (Lipinski definition) is 4. The van der Waals surface area contributed by atoms with Crippen LogP contribution in [0, 0.1) is 0 Å². The molecule has 2 aromatic carbocycles. The number of esters is 1. The van der Waals surface area contributed by atoms with Gasteiger partial charge in [0, 0.05) is 6.08 Å². The highest BCUT2D eigenvalue weighted by Crippen LogP contribution is 2.19. The van der Waals surface area contributed by atoms with Gasteiger partial charge in [0.25, 0.3) is 0 Å². The molecule has 0 aliphatic rings. The van der Waals surface area contributed by atoms with Gasteiger partial charge in [0.05, 0.1) is 13.7 Å². The van der Waals surface area contributed by atoms with Crippen LogP contribution in [0.3, 0.4) is 0 Å². The van der Waals surface area contributed by atoms with Crippen molar-refractivity contribution in [3.05, 3.63) is 83.9 Å². The van der Waals surface area contributed by atoms with Crippen LogP contribution in [0.15, 0.2) is 72.8 Å². The molecule has 0 aliphatic carbocycles. The molecule has 0 saturated carbocycles. The molecular formula is C19H20O4. The Morgan fingerprint density at radius 3 is 2.35 bits per heavy atom. The maximum Gasteiger partial charge on any atom is 0.330 e. The average molecular weight is 312 g/mol. The van der Waals surface area contributed by atoms with Gasteiger partial charge in [-0.25, -0.2) is 4.79 Å². The van der Waals surface area contributed by atoms with Crippen molar-refractivity contribution in [3.8, 4) is 0 Å². The first-order valence-electron chi connectivity index (χ1n) is 7.34. The fourth-order valence-electron chi connectivity index (χ4n) is 1.99. The molecule has 0 N–H and O–H groups in total. The second-order valence-corrected chi connectivity index (χ2v) is 4.83. The maximum atomic E-state index is 11.3. The Kier molecular flexibility index (Phi) is 7.04. The normalized spacial score (nSPS) is 12.2. The lowest BCUT2D eigenvalue weighted by molar-refractivity contribution is -0.135. The van der Waals surface area contributed by atoms with E-state index in [1.807, 2.05) is 60.7 Å². The molecule has 0 aromatic heterocycles. The van der Waals surface area contributed by atoms with Gasteiger partial charge in [-0.15, -0.1) is 0 Å². The summed E-state index contributed by atoms with van der Waals surface area (Å²) in [5.41, 5.74) is 2.02. The molecule has 4 heteroatoms. The Morgan fingerprint density at radius 1 is 1.04 bits per heavy atom. The Morgan fingerprint density at radius 2 is 1.70 bits per heavy atom. The van der Waals surface area contributed by atoms with E-state index < -0.39 is 5.97 Å². The number of hydrogen-bond donors (Lipinski definition) is 0. The zero-order valence-corrected chi connectivity index (χ0v) is 13.1. The molecule has 0 radical (unpaired) electrons. The highest BCUT2D eigenvalue weighted by molar-refractivity contribution is 5.81. The highest BCUT2D eigenvalue weighted by Gasteiger charge is 2.09. The SMILES string of the molecule is COC(=O)/C=C/[C@@H](OCOCc1ccccc1)c1ccccc1. The van der Waals surface area contributed by atoms with Crippen LogP contribution in [0.2, 0.25) is 0 Å². The van der Waals surface area contributed by atoms with Crippen LogP contribution in [0.25, 0.3) is 0 Å². The van der Waals surface area contributed by atoms with Crippen LogP contribution in [0.1, 0.15) is 17.2 Å². The van der Waals surface area contributed by atoms with Gasteiger partial charge in [-0.1, -0.05) is 60.7 Å². The third-order valence-electron chi connectivity index (χ3n) is 3.18. The summed E-state index contributed by atoms with van der Waals surface area (Å²) in [4.78, 5) is 11.3. The number of ether oxygens (including phenoxy) is 3. The van der Waals surface area contributed by atoms with Crippen molar-refractivity contribution in [3.63, 3.8) is 0 Å². The van der Waals surface area contributed by atoms with Gasteiger partial charge in [-0.3, -0.25) is 0 Å². The molecule has 0 amide bonds. The minimum absolute atomic E-state index is 0.125. The van der Waals surface area contributed by atoms with Gasteiger partial charge in [0.1, 0.15) is 12.9 Å². The largest absolute Gasteiger partial charge is 0.466 e. The van der Waals surface area contributed by atoms with Gasteiger partial charge in [0.2, 0.25) is 0 Å². The summed E-state index contributed by atoms with van der Waals surface area (Å²) in [5.74, 6) is -0.417. The summed E-state index contributed by atoms with van der Waals surface area (Å²) in [6, 6.07) is 19.5. The number of rotatable bonds is 8. The smallest absolute Gasteiger partial charge is 0.330 e. The van der Waals surface area contributed by atoms with Gasteiger partial charge in [-0.2, -0.15) is 0 Å². The number of benzene rings is 2. The van der Waals surface area contributed by atoms with Crippen LogP contribution in [-0.4, -0.2) is 19.9 Å². The lowest BCUT2D eigenvalue weighted by atomic mass is 10.1. The minimum Gasteiger partial charge on any atom is -0.466 e. The summed E-state index contributed by atoms with van der Waals surface area (Å²) in [6.07, 6.45) is 2.65. The van der Waals surface area contributed by atoms with E-state index in [1.165, 1.54) is 13.2 Å². The van der Waals surface area contributed by atoms with E-state index in [2.05, 4.69) is 4.74 Å². The van der Waals surface area contributed by atoms with Gasteiger partial charge < -0.3 is 14.2 Å². The van der Waals surface area contributed by atoms with Crippen LogP contribution < -0.4 is 0 Å². The predicted octanol–water partition coefficient (Wildman–Crippen LogP) is 3.65. The average Bonchev–Trinajstić information content (AvgIpc) is 2.62. The number of carbonyl (C=O) groups excluding carboxylic acids is 1. The highest BCUT2D eigenvalue weighted by atomic mass is 16.7. The van der Waals surface area contributed by atoms with E-state index >= 15 is 0 Å². The van der Waals surface area contributed by atoms with Crippen molar-refractivity contribution < 1.29 is 19.0 Å². The minimum atomic E-state index is -0.417. The molecule has 2 aromatic rings. The fourth-order valence-corrected chi connectivity index (χ4v) is 1.99. The second kappa shape index (κ2) is 9.56. The maximum absolute atomic E-state index is 11.3. The molecule has 2 rings (SSSR count). The molecular weight excluding hydrogens is 292 g/mol. The first-order valence-corrected chi connectivity index (χ1v) is 7.34. The Hall–Kier alpha value is -2.43. The topological polar surface area (TPSA) is 44.8 Å². The van der Waals surface area contributed by atoms with Crippen LogP contribution in [-0.2, 0) is 25.6 Å². The third-order valence-corrected chi connectivity index (χ3v) is 3.18. The van der Waals surface area contributed by atoms with E-state index in [0.29, 0.717) is 6.61 Å². The molecule has 0 fully saturated rings. The molecule has 23 heavy (non-hydrogen) atoms. The number of methoxy groups -OCH3 is 1. The van der Waals surface area contributed by atoms with Crippen molar-refractivity contribution in [2.75, 3.05) is 13.9 Å². The summed E-state index contributed by atoms with van der Waals surface area (Å²) in [6.45, 7) is 0.600. The fraction of sp³-hybridized carbons (Fsp3) is 0.211. The predicted molar refractivity (Wildman–Crippen MR) is 87.5 cm³/mol. The first-order chi connectivity index (χ1) is 11.3. The second-order valence-electron chi connectivity index (χ2n) is 4.83. The van der Waals surface area contributed by atoms with Gasteiger partial charge in [0.15, 0.2) is 0 Å². The summed E-state index contributed by atoms with van der Waals surface area (Å²) in [5, 5.41) is 0. The Bertz CT molecular complexity index is 608. The molecule has 120 valence electrons. The van der Waals surface area contributed by atoms with E-state index in [1.54, 1.807) is 6.08 Å². The quantitative estimate of drug-likeness (QED) is 0.323. The summed E-state index contributed by atoms with van der Waals surface area (Å²) >= 11 is 0. The lowest BCUT2D eigenvalue weighted by Crippen LogP contribution is -2.07. The summed E-state index contributed by atoms with van der Waals surface area (Å²) in [7, 11) is 1.34. The summed E-state index contributed by atoms with van der Waals surface area (Å²) < 4.78 is 15.9. The Labute approximate surface area is 136 Å². The van der Waals surface area contributed by atoms with Crippen molar-refractivity contribution >= 4 is 5.97 Å². The van der Waals surface area contributed by atoms with Crippen molar-refractivity contribution in [2.24, 2.45) is 0 Å². The van der Waals surface area contributed by atoms with E-state index in [4.69, 9.17) is 9.47 Å². The Balaban J connectivity index is 1.90. The van der Waals surface area contributed by atoms with Crippen molar-refractivity contribution in [1.82, 2.24) is 0 Å². The van der Waals surface area contributed by atoms with Crippen LogP contribution in [0.5, 0.6) is 0 Å².